The second-order valence-corrected chi connectivity index (χ2v) is 6.57. The monoisotopic (exact) mass is 414 g/mol. The highest BCUT2D eigenvalue weighted by Gasteiger charge is 2.51. The van der Waals surface area contributed by atoms with Gasteiger partial charge in [-0.2, -0.15) is 13.2 Å². The van der Waals surface area contributed by atoms with Crippen molar-refractivity contribution in [2.75, 3.05) is 11.4 Å². The number of rotatable bonds is 4. The fraction of sp³-hybridized carbons (Fsp3) is 0.263. The van der Waals surface area contributed by atoms with Crippen molar-refractivity contribution in [3.05, 3.63) is 65.2 Å². The number of benzene rings is 2. The zero-order valence-corrected chi connectivity index (χ0v) is 14.8. The van der Waals surface area contributed by atoms with Gasteiger partial charge in [0.05, 0.1) is 5.56 Å². The molecule has 0 bridgehead atoms. The Hall–Kier alpha value is -3.01. The van der Waals surface area contributed by atoms with Gasteiger partial charge in [-0.25, -0.2) is 8.78 Å². The number of amides is 2. The lowest BCUT2D eigenvalue weighted by Gasteiger charge is -2.22. The standard InChI is InChI=1S/C19H15F5N2O3/c20-13-7-11(8-14(21)9-13)10-25-16(27)18(29)5-6-26(17(18)28)15-3-1-12(2-4-15)19(22,23)24/h1-4,7-9,29H,5-6,10H2,(H,25,27)/t18-/m1/s1. The first-order valence-corrected chi connectivity index (χ1v) is 8.45. The maximum atomic E-state index is 13.2. The molecular formula is C19H15F5N2O3. The van der Waals surface area contributed by atoms with Crippen LogP contribution in [0.2, 0.25) is 0 Å². The van der Waals surface area contributed by atoms with E-state index in [0.717, 1.165) is 41.3 Å². The van der Waals surface area contributed by atoms with E-state index in [4.69, 9.17) is 0 Å². The summed E-state index contributed by atoms with van der Waals surface area (Å²) >= 11 is 0. The normalized spacial score (nSPS) is 19.5. The summed E-state index contributed by atoms with van der Waals surface area (Å²) in [6.45, 7) is -0.425. The first-order chi connectivity index (χ1) is 13.5. The molecule has 0 aromatic heterocycles. The lowest BCUT2D eigenvalue weighted by molar-refractivity contribution is -0.149. The van der Waals surface area contributed by atoms with Gasteiger partial charge in [0.2, 0.25) is 5.60 Å². The van der Waals surface area contributed by atoms with E-state index in [2.05, 4.69) is 5.32 Å². The van der Waals surface area contributed by atoms with Gasteiger partial charge in [0.15, 0.2) is 0 Å². The van der Waals surface area contributed by atoms with E-state index in [1.165, 1.54) is 0 Å². The maximum absolute atomic E-state index is 13.2. The van der Waals surface area contributed by atoms with Crippen LogP contribution < -0.4 is 10.2 Å². The van der Waals surface area contributed by atoms with Gasteiger partial charge in [0, 0.05) is 31.3 Å². The van der Waals surface area contributed by atoms with Gasteiger partial charge in [-0.15, -0.1) is 0 Å². The summed E-state index contributed by atoms with van der Waals surface area (Å²) in [5.41, 5.74) is -3.15. The minimum Gasteiger partial charge on any atom is -0.372 e. The van der Waals surface area contributed by atoms with E-state index in [0.29, 0.717) is 6.07 Å². The third-order valence-corrected chi connectivity index (χ3v) is 4.55. The highest BCUT2D eigenvalue weighted by atomic mass is 19.4. The average Bonchev–Trinajstić information content (AvgIpc) is 2.94. The summed E-state index contributed by atoms with van der Waals surface area (Å²) in [5.74, 6) is -3.77. The van der Waals surface area contributed by atoms with Crippen LogP contribution in [0.3, 0.4) is 0 Å². The van der Waals surface area contributed by atoms with E-state index in [-0.39, 0.29) is 30.8 Å². The fourth-order valence-electron chi connectivity index (χ4n) is 3.03. The molecule has 1 fully saturated rings. The number of halogens is 5. The molecule has 2 aromatic rings. The number of aliphatic hydroxyl groups is 1. The molecule has 154 valence electrons. The first-order valence-electron chi connectivity index (χ1n) is 8.45. The van der Waals surface area contributed by atoms with Crippen LogP contribution in [-0.2, 0) is 22.3 Å². The van der Waals surface area contributed by atoms with Gasteiger partial charge in [-0.3, -0.25) is 9.59 Å². The van der Waals surface area contributed by atoms with Gasteiger partial charge in [0.1, 0.15) is 11.6 Å². The Morgan fingerprint density at radius 3 is 2.24 bits per heavy atom. The minimum atomic E-state index is -4.54. The van der Waals surface area contributed by atoms with Crippen molar-refractivity contribution in [3.63, 3.8) is 0 Å². The van der Waals surface area contributed by atoms with Crippen molar-refractivity contribution in [2.24, 2.45) is 0 Å². The zero-order valence-electron chi connectivity index (χ0n) is 14.8. The molecule has 0 saturated carbocycles. The van der Waals surface area contributed by atoms with Crippen LogP contribution in [-0.4, -0.2) is 29.1 Å². The fourth-order valence-corrected chi connectivity index (χ4v) is 3.03. The van der Waals surface area contributed by atoms with Gasteiger partial charge in [-0.1, -0.05) is 0 Å². The maximum Gasteiger partial charge on any atom is 0.416 e. The van der Waals surface area contributed by atoms with E-state index >= 15 is 0 Å². The molecule has 1 aliphatic heterocycles. The number of carbonyl (C=O) groups excluding carboxylic acids is 2. The van der Waals surface area contributed by atoms with Crippen LogP contribution in [0.15, 0.2) is 42.5 Å². The Kier molecular flexibility index (Phi) is 5.31. The van der Waals surface area contributed by atoms with Crippen molar-refractivity contribution >= 4 is 17.5 Å². The Morgan fingerprint density at radius 2 is 1.69 bits per heavy atom. The summed E-state index contributed by atoms with van der Waals surface area (Å²) in [4.78, 5) is 25.9. The summed E-state index contributed by atoms with van der Waals surface area (Å²) in [6, 6.07) is 6.34. The highest BCUT2D eigenvalue weighted by Crippen LogP contribution is 2.33. The van der Waals surface area contributed by atoms with Crippen LogP contribution in [0.1, 0.15) is 17.5 Å². The number of alkyl halides is 3. The molecule has 0 radical (unpaired) electrons. The van der Waals surface area contributed by atoms with Crippen LogP contribution in [0.5, 0.6) is 0 Å². The molecular weight excluding hydrogens is 399 g/mol. The zero-order chi connectivity index (χ0) is 21.4. The van der Waals surface area contributed by atoms with Crippen molar-refractivity contribution in [2.45, 2.75) is 24.7 Å². The molecule has 3 rings (SSSR count). The molecule has 2 amide bonds. The van der Waals surface area contributed by atoms with Crippen molar-refractivity contribution in [1.82, 2.24) is 5.32 Å². The van der Waals surface area contributed by atoms with E-state index in [1.54, 1.807) is 0 Å². The first kappa shape index (κ1) is 20.7. The summed E-state index contributed by atoms with van der Waals surface area (Å²) in [7, 11) is 0. The van der Waals surface area contributed by atoms with Crippen LogP contribution in [0.4, 0.5) is 27.6 Å². The van der Waals surface area contributed by atoms with Crippen molar-refractivity contribution < 1.29 is 36.6 Å². The van der Waals surface area contributed by atoms with Crippen LogP contribution in [0, 0.1) is 11.6 Å². The minimum absolute atomic E-state index is 0.0875. The molecule has 2 N–H and O–H groups in total. The Labute approximate surface area is 161 Å². The van der Waals surface area contributed by atoms with E-state index in [1.807, 2.05) is 0 Å². The molecule has 1 saturated heterocycles. The number of hydrogen-bond acceptors (Lipinski definition) is 3. The molecule has 1 atom stereocenters. The second kappa shape index (κ2) is 7.43. The van der Waals surface area contributed by atoms with Crippen molar-refractivity contribution in [3.8, 4) is 0 Å². The summed E-state index contributed by atoms with van der Waals surface area (Å²) in [6.07, 6.45) is -4.83. The quantitative estimate of drug-likeness (QED) is 0.597. The Balaban J connectivity index is 1.70. The number of carbonyl (C=O) groups is 2. The molecule has 1 heterocycles. The topological polar surface area (TPSA) is 69.6 Å². The van der Waals surface area contributed by atoms with E-state index in [9.17, 15) is 36.6 Å². The van der Waals surface area contributed by atoms with Crippen LogP contribution >= 0.6 is 0 Å². The highest BCUT2D eigenvalue weighted by molar-refractivity contribution is 6.16. The molecule has 10 heteroatoms. The predicted octanol–water partition coefficient (Wildman–Crippen LogP) is 2.77. The molecule has 1 aliphatic rings. The molecule has 5 nitrogen and oxygen atoms in total. The van der Waals surface area contributed by atoms with Gasteiger partial charge < -0.3 is 15.3 Å². The van der Waals surface area contributed by atoms with Gasteiger partial charge in [0.25, 0.3) is 11.8 Å². The lowest BCUT2D eigenvalue weighted by Crippen LogP contribution is -2.52. The Bertz CT molecular complexity index is 926. The summed E-state index contributed by atoms with van der Waals surface area (Å²) < 4.78 is 64.4. The number of nitrogens with zero attached hydrogens (tertiary/aromatic N) is 1. The number of nitrogens with one attached hydrogen (secondary N) is 1. The average molecular weight is 414 g/mol. The van der Waals surface area contributed by atoms with Crippen molar-refractivity contribution in [1.29, 1.82) is 0 Å². The van der Waals surface area contributed by atoms with Crippen LogP contribution in [0.25, 0.3) is 0 Å². The molecule has 0 spiro atoms. The smallest absolute Gasteiger partial charge is 0.372 e. The molecule has 0 aliphatic carbocycles. The lowest BCUT2D eigenvalue weighted by atomic mass is 10.0. The summed E-state index contributed by atoms with van der Waals surface area (Å²) in [5, 5.41) is 12.7. The number of anilines is 1. The Morgan fingerprint density at radius 1 is 1.10 bits per heavy atom. The molecule has 2 aromatic carbocycles. The molecule has 0 unspecified atom stereocenters. The third-order valence-electron chi connectivity index (χ3n) is 4.55. The second-order valence-electron chi connectivity index (χ2n) is 6.57. The van der Waals surface area contributed by atoms with Gasteiger partial charge >= 0.3 is 6.18 Å². The largest absolute Gasteiger partial charge is 0.416 e. The van der Waals surface area contributed by atoms with E-state index < -0.39 is 40.8 Å². The molecule has 29 heavy (non-hydrogen) atoms. The third kappa shape index (κ3) is 4.21. The number of hydrogen-bond donors (Lipinski definition) is 2. The predicted molar refractivity (Wildman–Crippen MR) is 91.6 cm³/mol. The van der Waals surface area contributed by atoms with Gasteiger partial charge in [-0.05, 0) is 42.0 Å². The SMILES string of the molecule is O=C(NCc1cc(F)cc(F)c1)[C@]1(O)CCN(c2ccc(C(F)(F)F)cc2)C1=O.